The predicted octanol–water partition coefficient (Wildman–Crippen LogP) is 3.07. The van der Waals surface area contributed by atoms with Crippen molar-refractivity contribution >= 4 is 0 Å². The Labute approximate surface area is 123 Å². The summed E-state index contributed by atoms with van der Waals surface area (Å²) in [6.07, 6.45) is 9.92. The Balaban J connectivity index is 1.59. The van der Waals surface area contributed by atoms with E-state index >= 15 is 0 Å². The number of rotatable bonds is 5. The lowest BCUT2D eigenvalue weighted by atomic mass is 9.85. The van der Waals surface area contributed by atoms with Crippen LogP contribution in [0.3, 0.4) is 0 Å². The number of nitrogens with one attached hydrogen (secondary N) is 1. The van der Waals surface area contributed by atoms with Crippen LogP contribution in [0.15, 0.2) is 0 Å². The summed E-state index contributed by atoms with van der Waals surface area (Å²) in [7, 11) is 0. The van der Waals surface area contributed by atoms with E-state index in [-0.39, 0.29) is 5.54 Å². The summed E-state index contributed by atoms with van der Waals surface area (Å²) in [6.45, 7) is 7.16. The first kappa shape index (κ1) is 14.4. The van der Waals surface area contributed by atoms with Crippen LogP contribution < -0.4 is 5.32 Å². The standard InChI is InChI=1S/C17H29N3/c1-16(2)9-4-11-20(16)12-8-14-5-3-10-17(14,13-18)19-15-6-7-15/h14-15,19H,3-12H2,1-2H3. The van der Waals surface area contributed by atoms with Crippen LogP contribution in [-0.4, -0.2) is 35.1 Å². The summed E-state index contributed by atoms with van der Waals surface area (Å²) in [5.74, 6) is 0.560. The van der Waals surface area contributed by atoms with E-state index in [9.17, 15) is 5.26 Å². The third-order valence-electron chi connectivity index (χ3n) is 5.88. The molecule has 112 valence electrons. The van der Waals surface area contributed by atoms with Gasteiger partial charge in [0, 0.05) is 11.6 Å². The molecule has 0 aromatic heterocycles. The fourth-order valence-electron chi connectivity index (χ4n) is 4.32. The molecule has 3 rings (SSSR count). The van der Waals surface area contributed by atoms with Crippen molar-refractivity contribution in [1.82, 2.24) is 10.2 Å². The highest BCUT2D eigenvalue weighted by molar-refractivity contribution is 5.16. The molecule has 3 aliphatic rings. The van der Waals surface area contributed by atoms with Gasteiger partial charge in [0.15, 0.2) is 0 Å². The molecule has 2 atom stereocenters. The van der Waals surface area contributed by atoms with E-state index in [1.165, 1.54) is 58.0 Å². The van der Waals surface area contributed by atoms with Crippen LogP contribution >= 0.6 is 0 Å². The molecule has 2 aliphatic carbocycles. The highest BCUT2D eigenvalue weighted by Gasteiger charge is 2.46. The highest BCUT2D eigenvalue weighted by Crippen LogP contribution is 2.41. The summed E-state index contributed by atoms with van der Waals surface area (Å²) in [4.78, 5) is 2.64. The van der Waals surface area contributed by atoms with Gasteiger partial charge < -0.3 is 0 Å². The van der Waals surface area contributed by atoms with Crippen LogP contribution in [0, 0.1) is 17.2 Å². The van der Waals surface area contributed by atoms with Gasteiger partial charge in [-0.2, -0.15) is 5.26 Å². The zero-order chi connectivity index (χ0) is 14.2. The smallest absolute Gasteiger partial charge is 0.109 e. The number of nitriles is 1. The van der Waals surface area contributed by atoms with Gasteiger partial charge in [-0.25, -0.2) is 0 Å². The van der Waals surface area contributed by atoms with Gasteiger partial charge in [-0.1, -0.05) is 6.42 Å². The summed E-state index contributed by atoms with van der Waals surface area (Å²) < 4.78 is 0. The van der Waals surface area contributed by atoms with Gasteiger partial charge in [0.25, 0.3) is 0 Å². The van der Waals surface area contributed by atoms with E-state index in [0.717, 1.165) is 6.42 Å². The topological polar surface area (TPSA) is 39.1 Å². The molecule has 0 aromatic carbocycles. The van der Waals surface area contributed by atoms with E-state index in [1.54, 1.807) is 0 Å². The molecule has 0 radical (unpaired) electrons. The number of hydrogen-bond acceptors (Lipinski definition) is 3. The van der Waals surface area contributed by atoms with Crippen molar-refractivity contribution in [2.75, 3.05) is 13.1 Å². The Morgan fingerprint density at radius 3 is 2.60 bits per heavy atom. The molecule has 3 nitrogen and oxygen atoms in total. The van der Waals surface area contributed by atoms with Gasteiger partial charge in [0.2, 0.25) is 0 Å². The average molecular weight is 275 g/mol. The van der Waals surface area contributed by atoms with E-state index in [4.69, 9.17) is 0 Å². The number of likely N-dealkylation sites (tertiary alicyclic amines) is 1. The molecule has 20 heavy (non-hydrogen) atoms. The minimum Gasteiger partial charge on any atom is -0.298 e. The molecule has 0 bridgehead atoms. The molecule has 0 amide bonds. The summed E-state index contributed by atoms with van der Waals surface area (Å²) in [5.41, 5.74) is 0.170. The Morgan fingerprint density at radius 1 is 1.20 bits per heavy atom. The van der Waals surface area contributed by atoms with Crippen molar-refractivity contribution in [2.45, 2.75) is 82.3 Å². The van der Waals surface area contributed by atoms with Gasteiger partial charge in [0.05, 0.1) is 6.07 Å². The Hall–Kier alpha value is -0.590. The monoisotopic (exact) mass is 275 g/mol. The van der Waals surface area contributed by atoms with E-state index < -0.39 is 0 Å². The van der Waals surface area contributed by atoms with Crippen molar-refractivity contribution in [2.24, 2.45) is 5.92 Å². The van der Waals surface area contributed by atoms with E-state index in [0.29, 0.717) is 17.5 Å². The first-order valence-corrected chi connectivity index (χ1v) is 8.50. The Kier molecular flexibility index (Phi) is 3.81. The first-order valence-electron chi connectivity index (χ1n) is 8.50. The number of nitrogens with zero attached hydrogens (tertiary/aromatic N) is 2. The lowest BCUT2D eigenvalue weighted by molar-refractivity contribution is 0.153. The van der Waals surface area contributed by atoms with Crippen LogP contribution in [0.5, 0.6) is 0 Å². The predicted molar refractivity (Wildman–Crippen MR) is 81.3 cm³/mol. The summed E-state index contributed by atoms with van der Waals surface area (Å²) in [5, 5.41) is 13.4. The minimum atomic E-state index is -0.203. The van der Waals surface area contributed by atoms with Crippen molar-refractivity contribution in [3.63, 3.8) is 0 Å². The third kappa shape index (κ3) is 2.73. The van der Waals surface area contributed by atoms with E-state index in [1.807, 2.05) is 0 Å². The lowest BCUT2D eigenvalue weighted by Crippen LogP contribution is -2.49. The minimum absolute atomic E-state index is 0.203. The SMILES string of the molecule is CC1(C)CCCN1CCC1CCCC1(C#N)NC1CC1. The van der Waals surface area contributed by atoms with Crippen molar-refractivity contribution in [3.05, 3.63) is 0 Å². The normalized spacial score (nSPS) is 37.1. The molecule has 1 saturated heterocycles. The Bertz CT molecular complexity index is 394. The van der Waals surface area contributed by atoms with Gasteiger partial charge in [-0.3, -0.25) is 10.2 Å². The maximum absolute atomic E-state index is 9.73. The van der Waals surface area contributed by atoms with Crippen LogP contribution in [0.2, 0.25) is 0 Å². The highest BCUT2D eigenvalue weighted by atomic mass is 15.2. The maximum atomic E-state index is 9.73. The fraction of sp³-hybridized carbons (Fsp3) is 0.941. The van der Waals surface area contributed by atoms with Gasteiger partial charge in [-0.05, 0) is 77.8 Å². The van der Waals surface area contributed by atoms with Crippen molar-refractivity contribution < 1.29 is 0 Å². The van der Waals surface area contributed by atoms with Gasteiger partial charge >= 0.3 is 0 Å². The van der Waals surface area contributed by atoms with Gasteiger partial charge in [0.1, 0.15) is 5.54 Å². The molecule has 1 aliphatic heterocycles. The van der Waals surface area contributed by atoms with Crippen molar-refractivity contribution in [1.29, 1.82) is 5.26 Å². The molecule has 2 unspecified atom stereocenters. The molecule has 3 fully saturated rings. The molecular weight excluding hydrogens is 246 g/mol. The zero-order valence-electron chi connectivity index (χ0n) is 13.1. The van der Waals surface area contributed by atoms with Crippen LogP contribution in [0.4, 0.5) is 0 Å². The molecular formula is C17H29N3. The van der Waals surface area contributed by atoms with Crippen molar-refractivity contribution in [3.8, 4) is 6.07 Å². The fourth-order valence-corrected chi connectivity index (χ4v) is 4.32. The largest absolute Gasteiger partial charge is 0.298 e. The van der Waals surface area contributed by atoms with Gasteiger partial charge in [-0.15, -0.1) is 0 Å². The molecule has 0 aromatic rings. The summed E-state index contributed by atoms with van der Waals surface area (Å²) >= 11 is 0. The quantitative estimate of drug-likeness (QED) is 0.838. The second-order valence-corrected chi connectivity index (χ2v) is 7.78. The van der Waals surface area contributed by atoms with Crippen LogP contribution in [0.25, 0.3) is 0 Å². The number of hydrogen-bond donors (Lipinski definition) is 1. The third-order valence-corrected chi connectivity index (χ3v) is 5.88. The first-order chi connectivity index (χ1) is 9.56. The van der Waals surface area contributed by atoms with E-state index in [2.05, 4.69) is 30.1 Å². The lowest BCUT2D eigenvalue weighted by Gasteiger charge is -2.35. The summed E-state index contributed by atoms with van der Waals surface area (Å²) in [6, 6.07) is 3.30. The molecule has 3 heteroatoms. The van der Waals surface area contributed by atoms with Crippen LogP contribution in [-0.2, 0) is 0 Å². The second kappa shape index (κ2) is 5.31. The average Bonchev–Trinajstić information content (AvgIpc) is 3.03. The van der Waals surface area contributed by atoms with Crippen LogP contribution in [0.1, 0.15) is 65.2 Å². The second-order valence-electron chi connectivity index (χ2n) is 7.78. The molecule has 2 saturated carbocycles. The Morgan fingerprint density at radius 2 is 2.00 bits per heavy atom. The molecule has 0 spiro atoms. The maximum Gasteiger partial charge on any atom is 0.109 e. The molecule has 1 heterocycles. The zero-order valence-corrected chi connectivity index (χ0v) is 13.1. The molecule has 1 N–H and O–H groups in total.